The van der Waals surface area contributed by atoms with Crippen LogP contribution in [0.25, 0.3) is 33.1 Å². The van der Waals surface area contributed by atoms with Gasteiger partial charge in [0.1, 0.15) is 30.0 Å². The van der Waals surface area contributed by atoms with E-state index in [1.165, 1.54) is 0 Å². The first-order valence-corrected chi connectivity index (χ1v) is 14.9. The first-order chi connectivity index (χ1) is 20.9. The number of carbonyl (C=O) groups excluding carboxylic acids is 2. The van der Waals surface area contributed by atoms with Gasteiger partial charge in [-0.15, -0.1) is 0 Å². The molecule has 0 spiro atoms. The number of hydrogen-bond donors (Lipinski definition) is 2. The lowest BCUT2D eigenvalue weighted by atomic mass is 10.0. The molecule has 0 aliphatic heterocycles. The highest BCUT2D eigenvalue weighted by atomic mass is 16.6. The van der Waals surface area contributed by atoms with Crippen LogP contribution >= 0.6 is 0 Å². The van der Waals surface area contributed by atoms with Crippen LogP contribution in [0.3, 0.4) is 0 Å². The molecule has 2 N–H and O–H groups in total. The molecule has 3 heterocycles. The molecule has 0 radical (unpaired) electrons. The second-order valence-corrected chi connectivity index (χ2v) is 10.7. The van der Waals surface area contributed by atoms with Crippen molar-refractivity contribution < 1.29 is 19.2 Å². The molecule has 43 heavy (non-hydrogen) atoms. The summed E-state index contributed by atoms with van der Waals surface area (Å²) in [5, 5.41) is 5.19. The van der Waals surface area contributed by atoms with E-state index in [2.05, 4.69) is 15.3 Å². The van der Waals surface area contributed by atoms with Crippen molar-refractivity contribution in [3.63, 3.8) is 0 Å². The maximum atomic E-state index is 13.6. The molecule has 224 valence electrons. The lowest BCUT2D eigenvalue weighted by molar-refractivity contribution is -0.121. The number of Topliss-reactive ketones (excluding diaryl/α,β-unsaturated/α-hetero) is 1. The van der Waals surface area contributed by atoms with Crippen molar-refractivity contribution in [2.45, 2.75) is 64.8 Å². The van der Waals surface area contributed by atoms with Gasteiger partial charge in [0.25, 0.3) is 0 Å². The molecule has 1 atom stereocenters. The molecular formula is C34H39N5O4. The number of para-hydroxylation sites is 1. The van der Waals surface area contributed by atoms with Crippen molar-refractivity contribution in [3.05, 3.63) is 78.0 Å². The molecule has 0 aliphatic rings. The molecule has 0 saturated heterocycles. The van der Waals surface area contributed by atoms with Crippen molar-refractivity contribution >= 4 is 33.5 Å². The number of hydrogen-bond acceptors (Lipinski definition) is 6. The van der Waals surface area contributed by atoms with Crippen LogP contribution in [0.15, 0.2) is 60.9 Å². The van der Waals surface area contributed by atoms with Crippen LogP contribution in [-0.2, 0) is 16.0 Å². The second-order valence-electron chi connectivity index (χ2n) is 10.7. The van der Waals surface area contributed by atoms with E-state index >= 15 is 0 Å². The zero-order valence-electron chi connectivity index (χ0n) is 25.3. The molecule has 3 aromatic heterocycles. The average molecular weight is 582 g/mol. The summed E-state index contributed by atoms with van der Waals surface area (Å²) in [5.74, 6) is 1.59. The first-order valence-electron chi connectivity index (χ1n) is 14.9. The van der Waals surface area contributed by atoms with E-state index in [1.54, 1.807) is 31.3 Å². The van der Waals surface area contributed by atoms with Crippen LogP contribution in [0.4, 0.5) is 0 Å². The van der Waals surface area contributed by atoms with Gasteiger partial charge in [-0.05, 0) is 49.6 Å². The average Bonchev–Trinajstić information content (AvgIpc) is 3.62. The summed E-state index contributed by atoms with van der Waals surface area (Å²) in [6.45, 7) is 3.87. The normalized spacial score (nSPS) is 12.0. The Hall–Kier alpha value is -4.66. The highest BCUT2D eigenvalue weighted by Crippen LogP contribution is 2.33. The number of carbonyl (C=O) groups is 2. The number of amides is 1. The van der Waals surface area contributed by atoms with Crippen molar-refractivity contribution in [3.8, 4) is 17.0 Å². The quantitative estimate of drug-likeness (QED) is 0.149. The minimum Gasteiger partial charge on any atom is -0.494 e. The van der Waals surface area contributed by atoms with Gasteiger partial charge in [0.15, 0.2) is 0 Å². The fourth-order valence-corrected chi connectivity index (χ4v) is 5.77. The van der Waals surface area contributed by atoms with Crippen LogP contribution in [0.2, 0.25) is 0 Å². The fraction of sp³-hybridized carbons (Fsp3) is 0.353. The van der Waals surface area contributed by atoms with Crippen molar-refractivity contribution in [2.75, 3.05) is 14.2 Å². The number of methoxy groups -OCH3 is 1. The standard InChI is InChI=1S/C34H39N5O4/c1-5-23(40)12-7-6-8-15-28(37-32(41)20-27-22(2)39(43-4)30-16-10-9-13-25(27)30)34-36-21-29(38-34)24-17-18-31(42-3)33-26(24)14-11-19-35-33/h9-11,13-14,16-19,21,28H,5-8,12,15,20H2,1-4H3,(H,36,38)(H,37,41). The number of fused-ring (bicyclic) bond motifs is 2. The molecule has 0 aliphatic carbocycles. The topological polar surface area (TPSA) is 111 Å². The number of ether oxygens (including phenoxy) is 1. The summed E-state index contributed by atoms with van der Waals surface area (Å²) >= 11 is 0. The summed E-state index contributed by atoms with van der Waals surface area (Å²) in [7, 11) is 3.27. The number of nitrogens with one attached hydrogen (secondary N) is 2. The minimum atomic E-state index is -0.318. The Morgan fingerprint density at radius 1 is 1.00 bits per heavy atom. The van der Waals surface area contributed by atoms with Crippen LogP contribution in [0, 0.1) is 6.92 Å². The highest BCUT2D eigenvalue weighted by Gasteiger charge is 2.22. The number of pyridine rings is 1. The Kier molecular flexibility index (Phi) is 9.39. The Morgan fingerprint density at radius 3 is 2.60 bits per heavy atom. The van der Waals surface area contributed by atoms with E-state index in [1.807, 2.05) is 62.4 Å². The number of H-pyrrole nitrogens is 1. The number of aromatic nitrogens is 4. The molecule has 9 heteroatoms. The lowest BCUT2D eigenvalue weighted by Crippen LogP contribution is -2.30. The van der Waals surface area contributed by atoms with E-state index < -0.39 is 0 Å². The van der Waals surface area contributed by atoms with Gasteiger partial charge in [-0.2, -0.15) is 4.73 Å². The summed E-state index contributed by atoms with van der Waals surface area (Å²) in [4.78, 5) is 43.7. The third-order valence-corrected chi connectivity index (χ3v) is 8.06. The number of unbranched alkanes of at least 4 members (excludes halogenated alkanes) is 2. The zero-order valence-corrected chi connectivity index (χ0v) is 25.3. The van der Waals surface area contributed by atoms with Gasteiger partial charge < -0.3 is 19.9 Å². The van der Waals surface area contributed by atoms with Gasteiger partial charge in [-0.1, -0.05) is 44.0 Å². The molecule has 0 saturated carbocycles. The number of benzene rings is 2. The lowest BCUT2D eigenvalue weighted by Gasteiger charge is -2.17. The number of nitrogens with zero attached hydrogens (tertiary/aromatic N) is 3. The Morgan fingerprint density at radius 2 is 1.81 bits per heavy atom. The van der Waals surface area contributed by atoms with Gasteiger partial charge in [0.05, 0.1) is 42.7 Å². The predicted octanol–water partition coefficient (Wildman–Crippen LogP) is 6.28. The monoisotopic (exact) mass is 581 g/mol. The van der Waals surface area contributed by atoms with E-state index in [-0.39, 0.29) is 24.2 Å². The molecule has 1 unspecified atom stereocenters. The fourth-order valence-electron chi connectivity index (χ4n) is 5.77. The Labute approximate surface area is 251 Å². The number of imidazole rings is 1. The number of rotatable bonds is 14. The van der Waals surface area contributed by atoms with Gasteiger partial charge in [-0.25, -0.2) is 4.98 Å². The largest absolute Gasteiger partial charge is 0.494 e. The summed E-state index contributed by atoms with van der Waals surface area (Å²) in [6.07, 6.45) is 8.24. The van der Waals surface area contributed by atoms with Gasteiger partial charge >= 0.3 is 0 Å². The third kappa shape index (κ3) is 6.40. The zero-order chi connectivity index (χ0) is 30.3. The molecule has 0 bridgehead atoms. The SMILES string of the molecule is CCC(=O)CCCCCC(NC(=O)Cc1c(C)n(OC)c2ccccc12)c1ncc(-c2ccc(OC)c3ncccc23)[nH]1. The molecule has 9 nitrogen and oxygen atoms in total. The van der Waals surface area contributed by atoms with E-state index in [0.29, 0.717) is 30.8 Å². The van der Waals surface area contributed by atoms with Crippen LogP contribution in [0.1, 0.15) is 68.6 Å². The Bertz CT molecular complexity index is 1740. The van der Waals surface area contributed by atoms with Crippen molar-refractivity contribution in [1.82, 2.24) is 25.0 Å². The smallest absolute Gasteiger partial charge is 0.225 e. The predicted molar refractivity (Wildman–Crippen MR) is 168 cm³/mol. The Balaban J connectivity index is 1.39. The maximum absolute atomic E-state index is 13.6. The molecule has 2 aromatic carbocycles. The molecular weight excluding hydrogens is 542 g/mol. The third-order valence-electron chi connectivity index (χ3n) is 8.06. The molecule has 5 rings (SSSR count). The molecule has 1 amide bonds. The van der Waals surface area contributed by atoms with Gasteiger partial charge in [-0.3, -0.25) is 14.6 Å². The summed E-state index contributed by atoms with van der Waals surface area (Å²) in [6, 6.07) is 15.4. The van der Waals surface area contributed by atoms with Crippen molar-refractivity contribution in [1.29, 1.82) is 0 Å². The minimum absolute atomic E-state index is 0.0923. The molecule has 0 fully saturated rings. The van der Waals surface area contributed by atoms with E-state index in [0.717, 1.165) is 63.6 Å². The second kappa shape index (κ2) is 13.5. The summed E-state index contributed by atoms with van der Waals surface area (Å²) in [5.41, 5.74) is 5.33. The molecule has 5 aromatic rings. The van der Waals surface area contributed by atoms with E-state index in [4.69, 9.17) is 14.6 Å². The summed E-state index contributed by atoms with van der Waals surface area (Å²) < 4.78 is 7.28. The van der Waals surface area contributed by atoms with Gasteiger partial charge in [0, 0.05) is 35.4 Å². The number of ketones is 1. The van der Waals surface area contributed by atoms with E-state index in [9.17, 15) is 9.59 Å². The van der Waals surface area contributed by atoms with Gasteiger partial charge in [0.2, 0.25) is 5.91 Å². The van der Waals surface area contributed by atoms with Crippen LogP contribution in [-0.4, -0.2) is 45.6 Å². The van der Waals surface area contributed by atoms with Crippen molar-refractivity contribution in [2.24, 2.45) is 0 Å². The van der Waals surface area contributed by atoms with Crippen LogP contribution < -0.4 is 14.9 Å². The first kappa shape index (κ1) is 29.8. The van der Waals surface area contributed by atoms with Crippen LogP contribution in [0.5, 0.6) is 5.75 Å². The maximum Gasteiger partial charge on any atom is 0.225 e. The number of aromatic amines is 1. The highest BCUT2D eigenvalue weighted by molar-refractivity contribution is 5.97.